The number of nitrogen functional groups attached to an aromatic ring is 1. The first-order valence-electron chi connectivity index (χ1n) is 10.7. The molecule has 214 valence electrons. The number of rotatable bonds is 8. The second kappa shape index (κ2) is 10.6. The van der Waals surface area contributed by atoms with Crippen LogP contribution in [0.1, 0.15) is 13.2 Å². The van der Waals surface area contributed by atoms with Gasteiger partial charge in [0, 0.05) is 0 Å². The van der Waals surface area contributed by atoms with Crippen LogP contribution in [0.15, 0.2) is 11.1 Å². The zero-order chi connectivity index (χ0) is 28.2. The predicted molar refractivity (Wildman–Crippen MR) is 119 cm³/mol. The summed E-state index contributed by atoms with van der Waals surface area (Å²) in [5.41, 5.74) is 4.59. The molecule has 0 amide bonds. The molecule has 11 atom stereocenters. The van der Waals surface area contributed by atoms with E-state index in [9.17, 15) is 49.2 Å². The smallest absolute Gasteiger partial charge is 0.388 e. The maximum Gasteiger partial charge on any atom is 0.483 e. The van der Waals surface area contributed by atoms with E-state index < -0.39 is 83.1 Å². The summed E-state index contributed by atoms with van der Waals surface area (Å²) < 4.78 is 49.3. The highest BCUT2D eigenvalue weighted by Crippen LogP contribution is 2.61. The number of H-pyrrole nitrogens is 1. The molecule has 0 saturated carbocycles. The van der Waals surface area contributed by atoms with E-state index in [4.69, 9.17) is 15.2 Å². The van der Waals surface area contributed by atoms with E-state index in [1.165, 1.54) is 6.92 Å². The molecule has 2 aliphatic rings. The number of phosphoric ester groups is 2. The molecule has 4 rings (SSSR count). The molecule has 2 fully saturated rings. The summed E-state index contributed by atoms with van der Waals surface area (Å²) in [5, 5.41) is 50.0. The zero-order valence-electron chi connectivity index (χ0n) is 19.2. The molecule has 4 heterocycles. The quantitative estimate of drug-likeness (QED) is 0.134. The lowest BCUT2D eigenvalue weighted by molar-refractivity contribution is -0.271. The number of nitrogens with two attached hydrogens (primary N) is 1. The lowest BCUT2D eigenvalue weighted by atomic mass is 10.0. The van der Waals surface area contributed by atoms with Gasteiger partial charge < -0.3 is 50.5 Å². The third kappa shape index (κ3) is 5.83. The number of nitrogens with zero attached hydrogens (tertiary/aromatic N) is 3. The number of ether oxygens (including phenoxy) is 2. The van der Waals surface area contributed by atoms with Gasteiger partial charge in [0.15, 0.2) is 23.7 Å². The molecule has 0 aliphatic carbocycles. The SMILES string of the molecule is CC1OC(OP(=O)(O)OP(=O)(O)OCC2O[C@H](n3cnc4c(=O)[nH]c(N)nc43)C(O)C2O)C(O)C(O)C1O. The number of aliphatic hydroxyl groups excluding tert-OH is 5. The first kappa shape index (κ1) is 29.1. The van der Waals surface area contributed by atoms with Gasteiger partial charge in [0.05, 0.1) is 19.0 Å². The Morgan fingerprint density at radius 1 is 1.05 bits per heavy atom. The number of anilines is 1. The molecular formula is C16H25N5O15P2. The number of aliphatic hydroxyl groups is 5. The molecular weight excluding hydrogens is 564 g/mol. The largest absolute Gasteiger partial charge is 0.483 e. The summed E-state index contributed by atoms with van der Waals surface area (Å²) in [6.07, 6.45) is -13.8. The Labute approximate surface area is 211 Å². The van der Waals surface area contributed by atoms with Crippen molar-refractivity contribution < 1.29 is 67.3 Å². The Hall–Kier alpha value is -1.87. The third-order valence-corrected chi connectivity index (χ3v) is 8.32. The molecule has 2 aromatic heterocycles. The second-order valence-electron chi connectivity index (χ2n) is 8.42. The maximum absolute atomic E-state index is 12.3. The van der Waals surface area contributed by atoms with Gasteiger partial charge in [0.2, 0.25) is 5.95 Å². The normalized spacial score (nSPS) is 37.2. The Kier molecular flexibility index (Phi) is 8.12. The minimum Gasteiger partial charge on any atom is -0.388 e. The van der Waals surface area contributed by atoms with E-state index in [0.29, 0.717) is 0 Å². The lowest BCUT2D eigenvalue weighted by Gasteiger charge is -2.38. The predicted octanol–water partition coefficient (Wildman–Crippen LogP) is -3.60. The second-order valence-corrected chi connectivity index (χ2v) is 11.4. The fourth-order valence-corrected chi connectivity index (χ4v) is 5.96. The van der Waals surface area contributed by atoms with Crippen molar-refractivity contribution in [2.24, 2.45) is 0 Å². The third-order valence-electron chi connectivity index (χ3n) is 5.72. The molecule has 0 spiro atoms. The van der Waals surface area contributed by atoms with E-state index in [-0.39, 0.29) is 17.1 Å². The molecule has 0 aromatic carbocycles. The van der Waals surface area contributed by atoms with Crippen LogP contribution in [0.25, 0.3) is 11.2 Å². The first-order valence-corrected chi connectivity index (χ1v) is 13.7. The van der Waals surface area contributed by atoms with E-state index in [1.807, 2.05) is 0 Å². The van der Waals surface area contributed by atoms with Gasteiger partial charge in [-0.15, -0.1) is 0 Å². The molecule has 22 heteroatoms. The summed E-state index contributed by atoms with van der Waals surface area (Å²) in [6.45, 7) is 0.291. The summed E-state index contributed by atoms with van der Waals surface area (Å²) >= 11 is 0. The zero-order valence-corrected chi connectivity index (χ0v) is 21.0. The van der Waals surface area contributed by atoms with Crippen LogP contribution in [0, 0.1) is 0 Å². The van der Waals surface area contributed by atoms with Gasteiger partial charge in [-0.2, -0.15) is 9.29 Å². The Balaban J connectivity index is 1.39. The van der Waals surface area contributed by atoms with E-state index in [0.717, 1.165) is 10.9 Å². The summed E-state index contributed by atoms with van der Waals surface area (Å²) in [5.74, 6) is -0.266. The van der Waals surface area contributed by atoms with Crippen molar-refractivity contribution in [3.63, 3.8) is 0 Å². The molecule has 2 saturated heterocycles. The van der Waals surface area contributed by atoms with Crippen LogP contribution < -0.4 is 11.3 Å². The Morgan fingerprint density at radius 2 is 1.74 bits per heavy atom. The van der Waals surface area contributed by atoms with Crippen LogP contribution in [-0.2, 0) is 32.0 Å². The molecule has 2 aromatic rings. The summed E-state index contributed by atoms with van der Waals surface area (Å²) in [6, 6.07) is 0. The number of nitrogens with one attached hydrogen (secondary N) is 1. The minimum absolute atomic E-state index is 0.0994. The number of hydrogen-bond acceptors (Lipinski definition) is 16. The number of phosphoric acid groups is 2. The van der Waals surface area contributed by atoms with Crippen molar-refractivity contribution in [1.82, 2.24) is 19.5 Å². The van der Waals surface area contributed by atoms with Crippen molar-refractivity contribution in [2.75, 3.05) is 12.3 Å². The fourth-order valence-electron chi connectivity index (χ4n) is 3.80. The van der Waals surface area contributed by atoms with Gasteiger partial charge in [-0.25, -0.2) is 14.1 Å². The van der Waals surface area contributed by atoms with Gasteiger partial charge in [0.1, 0.15) is 36.6 Å². The van der Waals surface area contributed by atoms with Crippen LogP contribution in [0.4, 0.5) is 5.95 Å². The van der Waals surface area contributed by atoms with Crippen LogP contribution >= 0.6 is 15.6 Å². The molecule has 0 bridgehead atoms. The van der Waals surface area contributed by atoms with E-state index in [2.05, 4.69) is 28.3 Å². The lowest BCUT2D eigenvalue weighted by Crippen LogP contribution is -2.57. The maximum atomic E-state index is 12.3. The molecule has 20 nitrogen and oxygen atoms in total. The van der Waals surface area contributed by atoms with Crippen molar-refractivity contribution in [3.8, 4) is 0 Å². The molecule has 38 heavy (non-hydrogen) atoms. The van der Waals surface area contributed by atoms with Crippen LogP contribution in [0.3, 0.4) is 0 Å². The standard InChI is InChI=1S/C16H25N5O15P2/c1-4-7(22)9(24)11(26)15(33-4)35-38(30,31)36-37(28,29)32-2-5-8(23)10(25)14(34-5)21-3-18-6-12(21)19-16(17)20-13(6)27/h3-5,7-11,14-15,22-26H,2H2,1H3,(H,28,29)(H,30,31)(H3,17,19,20,27)/t4?,5?,7?,8?,9?,10?,11?,14-,15?/m0/s1. The number of hydrogen-bond donors (Lipinski definition) is 9. The number of aromatic amines is 1. The number of aromatic nitrogens is 4. The number of imidazole rings is 1. The number of fused-ring (bicyclic) bond motifs is 1. The van der Waals surface area contributed by atoms with Crippen molar-refractivity contribution in [3.05, 3.63) is 16.7 Å². The summed E-state index contributed by atoms with van der Waals surface area (Å²) in [4.78, 5) is 41.7. The van der Waals surface area contributed by atoms with Gasteiger partial charge >= 0.3 is 15.6 Å². The molecule has 2 aliphatic heterocycles. The highest BCUT2D eigenvalue weighted by molar-refractivity contribution is 7.61. The average Bonchev–Trinajstić information content (AvgIpc) is 3.35. The Bertz CT molecular complexity index is 1320. The van der Waals surface area contributed by atoms with Gasteiger partial charge in [-0.3, -0.25) is 23.4 Å². The Morgan fingerprint density at radius 3 is 2.42 bits per heavy atom. The van der Waals surface area contributed by atoms with E-state index in [1.54, 1.807) is 0 Å². The van der Waals surface area contributed by atoms with Crippen LogP contribution in [0.5, 0.6) is 0 Å². The van der Waals surface area contributed by atoms with Crippen molar-refractivity contribution in [2.45, 2.75) is 62.2 Å². The van der Waals surface area contributed by atoms with Crippen molar-refractivity contribution >= 4 is 32.8 Å². The average molecular weight is 589 g/mol. The first-order chi connectivity index (χ1) is 17.6. The fraction of sp³-hybridized carbons (Fsp3) is 0.688. The van der Waals surface area contributed by atoms with E-state index >= 15 is 0 Å². The highest BCUT2D eigenvalue weighted by Gasteiger charge is 2.49. The van der Waals surface area contributed by atoms with Crippen molar-refractivity contribution in [1.29, 1.82) is 0 Å². The van der Waals surface area contributed by atoms with Crippen LogP contribution in [-0.4, -0.2) is 110 Å². The van der Waals surface area contributed by atoms with Gasteiger partial charge in [0.25, 0.3) is 5.56 Å². The highest BCUT2D eigenvalue weighted by atomic mass is 31.3. The van der Waals surface area contributed by atoms with Gasteiger partial charge in [-0.05, 0) is 6.92 Å². The molecule has 10 N–H and O–H groups in total. The molecule has 10 unspecified atom stereocenters. The summed E-state index contributed by atoms with van der Waals surface area (Å²) in [7, 11) is -10.9. The topological polar surface area (TPSA) is 311 Å². The monoisotopic (exact) mass is 589 g/mol. The molecule has 0 radical (unpaired) electrons. The van der Waals surface area contributed by atoms with Gasteiger partial charge in [-0.1, -0.05) is 0 Å². The van der Waals surface area contributed by atoms with Crippen LogP contribution in [0.2, 0.25) is 0 Å². The minimum atomic E-state index is -5.50.